The first-order valence-electron chi connectivity index (χ1n) is 12.0. The Morgan fingerprint density at radius 3 is 2.10 bits per heavy atom. The highest BCUT2D eigenvalue weighted by atomic mass is 35.5. The van der Waals surface area contributed by atoms with Gasteiger partial charge in [0.1, 0.15) is 6.04 Å². The number of sulfonamides is 2. The Morgan fingerprint density at radius 2 is 1.49 bits per heavy atom. The monoisotopic (exact) mass is 627 g/mol. The van der Waals surface area contributed by atoms with E-state index in [1.807, 2.05) is 6.07 Å². The Balaban J connectivity index is 1.47. The van der Waals surface area contributed by atoms with E-state index in [4.69, 9.17) is 23.2 Å². The number of halogens is 2. The zero-order chi connectivity index (χ0) is 28.0. The Kier molecular flexibility index (Phi) is 9.97. The molecule has 208 valence electrons. The van der Waals surface area contributed by atoms with Crippen LogP contribution in [0.1, 0.15) is 5.56 Å². The van der Waals surface area contributed by atoms with Crippen molar-refractivity contribution in [1.82, 2.24) is 13.9 Å². The van der Waals surface area contributed by atoms with Crippen LogP contribution in [0.15, 0.2) is 88.7 Å². The second kappa shape index (κ2) is 13.0. The van der Waals surface area contributed by atoms with Gasteiger partial charge in [0, 0.05) is 47.7 Å². The van der Waals surface area contributed by atoms with Crippen molar-refractivity contribution in [1.29, 1.82) is 0 Å². The number of piperazine rings is 1. The SMILES string of the molecule is O=C(NCCSCc1ccc(Cl)cc1Cl)[C@H]1CN(S(=O)(=O)c2ccccc2)CCN1S(=O)(=O)c1ccccc1. The van der Waals surface area contributed by atoms with E-state index in [1.165, 1.54) is 40.3 Å². The van der Waals surface area contributed by atoms with Crippen molar-refractivity contribution in [2.75, 3.05) is 31.9 Å². The highest BCUT2D eigenvalue weighted by Crippen LogP contribution is 2.26. The Labute approximate surface area is 243 Å². The lowest BCUT2D eigenvalue weighted by atomic mass is 10.2. The first-order valence-corrected chi connectivity index (χ1v) is 16.8. The summed E-state index contributed by atoms with van der Waals surface area (Å²) in [5.74, 6) is 0.578. The molecule has 1 heterocycles. The van der Waals surface area contributed by atoms with Crippen LogP contribution in [0, 0.1) is 0 Å². The van der Waals surface area contributed by atoms with Gasteiger partial charge in [-0.3, -0.25) is 4.79 Å². The molecule has 1 fully saturated rings. The number of benzene rings is 3. The fourth-order valence-electron chi connectivity index (χ4n) is 4.12. The summed E-state index contributed by atoms with van der Waals surface area (Å²) in [7, 11) is -7.97. The molecular weight excluding hydrogens is 601 g/mol. The van der Waals surface area contributed by atoms with Crippen LogP contribution in [0.25, 0.3) is 0 Å². The van der Waals surface area contributed by atoms with Gasteiger partial charge in [-0.15, -0.1) is 0 Å². The molecule has 0 unspecified atom stereocenters. The largest absolute Gasteiger partial charge is 0.354 e. The smallest absolute Gasteiger partial charge is 0.243 e. The molecule has 3 aromatic rings. The van der Waals surface area contributed by atoms with Gasteiger partial charge in [0.2, 0.25) is 26.0 Å². The molecule has 0 bridgehead atoms. The molecule has 13 heteroatoms. The van der Waals surface area contributed by atoms with Gasteiger partial charge in [0.15, 0.2) is 0 Å². The number of amides is 1. The lowest BCUT2D eigenvalue weighted by molar-refractivity contribution is -0.125. The van der Waals surface area contributed by atoms with E-state index >= 15 is 0 Å². The van der Waals surface area contributed by atoms with Crippen LogP contribution in [0.2, 0.25) is 10.0 Å². The Bertz CT molecular complexity index is 1510. The number of hydrogen-bond donors (Lipinski definition) is 1. The predicted molar refractivity (Wildman–Crippen MR) is 155 cm³/mol. The van der Waals surface area contributed by atoms with Crippen molar-refractivity contribution in [3.63, 3.8) is 0 Å². The fourth-order valence-corrected chi connectivity index (χ4v) is 8.58. The van der Waals surface area contributed by atoms with E-state index in [0.29, 0.717) is 21.6 Å². The average Bonchev–Trinajstić information content (AvgIpc) is 2.94. The van der Waals surface area contributed by atoms with Crippen LogP contribution in [0.3, 0.4) is 0 Å². The molecule has 1 saturated heterocycles. The predicted octanol–water partition coefficient (Wildman–Crippen LogP) is 4.11. The summed E-state index contributed by atoms with van der Waals surface area (Å²) in [6.07, 6.45) is 0. The molecule has 0 spiro atoms. The summed E-state index contributed by atoms with van der Waals surface area (Å²) in [6.45, 7) is -0.283. The quantitative estimate of drug-likeness (QED) is 0.339. The molecule has 4 rings (SSSR count). The van der Waals surface area contributed by atoms with Crippen LogP contribution >= 0.6 is 35.0 Å². The minimum absolute atomic E-state index is 0.0394. The fraction of sp³-hybridized carbons (Fsp3) is 0.269. The zero-order valence-electron chi connectivity index (χ0n) is 20.7. The minimum atomic E-state index is -4.05. The summed E-state index contributed by atoms with van der Waals surface area (Å²) in [6, 6.07) is 19.7. The van der Waals surface area contributed by atoms with E-state index in [2.05, 4.69) is 5.32 Å². The number of thioether (sulfide) groups is 1. The second-order valence-electron chi connectivity index (χ2n) is 8.70. The molecule has 1 amide bonds. The van der Waals surface area contributed by atoms with Gasteiger partial charge >= 0.3 is 0 Å². The highest BCUT2D eigenvalue weighted by molar-refractivity contribution is 7.98. The van der Waals surface area contributed by atoms with Gasteiger partial charge in [0.05, 0.1) is 9.79 Å². The summed E-state index contributed by atoms with van der Waals surface area (Å²) < 4.78 is 55.7. The molecule has 0 aliphatic carbocycles. The summed E-state index contributed by atoms with van der Waals surface area (Å²) >= 11 is 13.7. The molecule has 0 radical (unpaired) electrons. The van der Waals surface area contributed by atoms with Crippen molar-refractivity contribution in [2.45, 2.75) is 21.6 Å². The molecule has 8 nitrogen and oxygen atoms in total. The van der Waals surface area contributed by atoms with Gasteiger partial charge in [-0.1, -0.05) is 65.7 Å². The number of hydrogen-bond acceptors (Lipinski definition) is 6. The van der Waals surface area contributed by atoms with Crippen LogP contribution in [0.4, 0.5) is 0 Å². The third kappa shape index (κ3) is 7.15. The van der Waals surface area contributed by atoms with Crippen LogP contribution in [0.5, 0.6) is 0 Å². The van der Waals surface area contributed by atoms with E-state index in [1.54, 1.807) is 48.5 Å². The van der Waals surface area contributed by atoms with Gasteiger partial charge in [0.25, 0.3) is 0 Å². The summed E-state index contributed by atoms with van der Waals surface area (Å²) in [5.41, 5.74) is 0.909. The first-order chi connectivity index (χ1) is 18.6. The standard InChI is InChI=1S/C26H27Cl2N3O5S3/c27-21-12-11-20(24(28)17-21)19-37-16-13-29-26(32)25-18-30(38(33,34)22-7-3-1-4-8-22)14-15-31(25)39(35,36)23-9-5-2-6-10-23/h1-12,17,25H,13-16,18-19H2,(H,29,32)/t25-/m1/s1. The first kappa shape index (κ1) is 29.9. The van der Waals surface area contributed by atoms with Crippen LogP contribution in [-0.4, -0.2) is 69.3 Å². The van der Waals surface area contributed by atoms with E-state index in [0.717, 1.165) is 9.87 Å². The van der Waals surface area contributed by atoms with Gasteiger partial charge in [-0.05, 0) is 42.0 Å². The maximum absolute atomic E-state index is 13.5. The van der Waals surface area contributed by atoms with Crippen molar-refractivity contribution in [3.8, 4) is 0 Å². The molecule has 0 aromatic heterocycles. The average molecular weight is 629 g/mol. The number of carbonyl (C=O) groups is 1. The topological polar surface area (TPSA) is 104 Å². The molecule has 3 aromatic carbocycles. The lowest BCUT2D eigenvalue weighted by Crippen LogP contribution is -2.61. The van der Waals surface area contributed by atoms with E-state index < -0.39 is 32.0 Å². The number of nitrogens with one attached hydrogen (secondary N) is 1. The van der Waals surface area contributed by atoms with E-state index in [9.17, 15) is 21.6 Å². The van der Waals surface area contributed by atoms with Gasteiger partial charge < -0.3 is 5.32 Å². The second-order valence-corrected chi connectivity index (χ2v) is 14.5. The maximum Gasteiger partial charge on any atom is 0.243 e. The molecular formula is C26H27Cl2N3O5S3. The maximum atomic E-state index is 13.5. The van der Waals surface area contributed by atoms with Crippen LogP contribution in [-0.2, 0) is 30.6 Å². The highest BCUT2D eigenvalue weighted by Gasteiger charge is 2.43. The van der Waals surface area contributed by atoms with Crippen molar-refractivity contribution in [2.24, 2.45) is 0 Å². The Morgan fingerprint density at radius 1 is 0.872 bits per heavy atom. The number of nitrogens with zero attached hydrogens (tertiary/aromatic N) is 2. The third-order valence-electron chi connectivity index (χ3n) is 6.15. The van der Waals surface area contributed by atoms with Crippen molar-refractivity contribution in [3.05, 3.63) is 94.5 Å². The van der Waals surface area contributed by atoms with Gasteiger partial charge in [-0.2, -0.15) is 20.4 Å². The molecule has 0 saturated carbocycles. The number of rotatable bonds is 10. The Hall–Kier alpha value is -2.12. The van der Waals surface area contributed by atoms with E-state index in [-0.39, 0.29) is 36.0 Å². The minimum Gasteiger partial charge on any atom is -0.354 e. The molecule has 1 atom stereocenters. The van der Waals surface area contributed by atoms with Crippen LogP contribution < -0.4 is 5.32 Å². The lowest BCUT2D eigenvalue weighted by Gasteiger charge is -2.38. The normalized spacial score (nSPS) is 17.1. The van der Waals surface area contributed by atoms with Gasteiger partial charge in [-0.25, -0.2) is 16.8 Å². The molecule has 39 heavy (non-hydrogen) atoms. The zero-order valence-corrected chi connectivity index (χ0v) is 24.7. The molecule has 1 aliphatic heterocycles. The summed E-state index contributed by atoms with van der Waals surface area (Å²) in [5, 5.41) is 3.89. The van der Waals surface area contributed by atoms with Crippen molar-refractivity contribution < 1.29 is 21.6 Å². The molecule has 1 N–H and O–H groups in total. The molecule has 1 aliphatic rings. The van der Waals surface area contributed by atoms with Crippen molar-refractivity contribution >= 4 is 60.9 Å². The third-order valence-corrected chi connectivity index (χ3v) is 11.5. The number of carbonyl (C=O) groups excluding carboxylic acids is 1. The summed E-state index contributed by atoms with van der Waals surface area (Å²) in [4.78, 5) is 13.5.